The number of nitrogens with zero attached hydrogens (tertiary/aromatic N) is 4. The molecule has 2 aliphatic rings. The Hall–Kier alpha value is -1.38. The van der Waals surface area contributed by atoms with E-state index in [0.29, 0.717) is 17.3 Å². The smallest absolute Gasteiger partial charge is 0.280 e. The van der Waals surface area contributed by atoms with E-state index < -0.39 is 17.2 Å². The van der Waals surface area contributed by atoms with E-state index in [1.165, 1.54) is 0 Å². The highest BCUT2D eigenvalue weighted by molar-refractivity contribution is 8.00. The second-order valence-corrected chi connectivity index (χ2v) is 6.74. The quantitative estimate of drug-likeness (QED) is 0.740. The summed E-state index contributed by atoms with van der Waals surface area (Å²) in [6, 6.07) is 0. The number of rotatable bonds is 1. The lowest BCUT2D eigenvalue weighted by Gasteiger charge is -2.21. The monoisotopic (exact) mass is 322 g/mol. The summed E-state index contributed by atoms with van der Waals surface area (Å²) in [6.45, 7) is 5.76. The Balaban J connectivity index is 0.000000211. The molecule has 6 nitrogen and oxygen atoms in total. The molecule has 120 valence electrons. The lowest BCUT2D eigenvalue weighted by Crippen LogP contribution is -2.35. The van der Waals surface area contributed by atoms with Gasteiger partial charge in [-0.05, 0) is 20.8 Å². The molecule has 2 heterocycles. The molecule has 0 aromatic rings. The summed E-state index contributed by atoms with van der Waals surface area (Å²) < 4.78 is 34.8. The van der Waals surface area contributed by atoms with Crippen LogP contribution in [-0.2, 0) is 15.6 Å². The van der Waals surface area contributed by atoms with Gasteiger partial charge in [-0.1, -0.05) is 5.16 Å². The van der Waals surface area contributed by atoms with Gasteiger partial charge in [0.15, 0.2) is 0 Å². The number of hydrogen-bond acceptors (Lipinski definition) is 6. The van der Waals surface area contributed by atoms with Gasteiger partial charge in [-0.15, -0.1) is 5.10 Å². The van der Waals surface area contributed by atoms with Gasteiger partial charge in [0, 0.05) is 19.7 Å². The van der Waals surface area contributed by atoms with Crippen LogP contribution in [0.4, 0.5) is 8.78 Å². The molecule has 0 spiro atoms. The average Bonchev–Trinajstić information content (AvgIpc) is 2.74. The minimum absolute atomic E-state index is 0.168. The Labute approximate surface area is 125 Å². The molecule has 0 saturated heterocycles. The summed E-state index contributed by atoms with van der Waals surface area (Å²) in [5.41, 5.74) is -0.417. The van der Waals surface area contributed by atoms with Crippen LogP contribution in [0.3, 0.4) is 0 Å². The van der Waals surface area contributed by atoms with Crippen LogP contribution in [0.2, 0.25) is 0 Å². The Morgan fingerprint density at radius 3 is 2.33 bits per heavy atom. The third kappa shape index (κ3) is 5.49. The van der Waals surface area contributed by atoms with Crippen molar-refractivity contribution in [3.05, 3.63) is 0 Å². The van der Waals surface area contributed by atoms with Gasteiger partial charge in [0.2, 0.25) is 0 Å². The molecule has 0 radical (unpaired) electrons. The molecule has 2 aliphatic heterocycles. The van der Waals surface area contributed by atoms with Crippen LogP contribution in [-0.4, -0.2) is 57.6 Å². The minimum Gasteiger partial charge on any atom is -0.389 e. The van der Waals surface area contributed by atoms with Crippen molar-refractivity contribution >= 4 is 27.4 Å². The van der Waals surface area contributed by atoms with E-state index in [2.05, 4.69) is 15.4 Å². The minimum atomic E-state index is -2.49. The molecule has 0 amide bonds. The van der Waals surface area contributed by atoms with Crippen LogP contribution in [0, 0.1) is 0 Å². The molecule has 1 unspecified atom stereocenters. The second kappa shape index (κ2) is 7.06. The summed E-state index contributed by atoms with van der Waals surface area (Å²) in [7, 11) is 0.742. The first-order valence-corrected chi connectivity index (χ1v) is 7.87. The normalized spacial score (nSPS) is 21.7. The molecule has 0 aromatic heterocycles. The van der Waals surface area contributed by atoms with Gasteiger partial charge in [-0.2, -0.15) is 5.10 Å². The zero-order chi connectivity index (χ0) is 16.2. The molecule has 2 rings (SSSR count). The highest BCUT2D eigenvalue weighted by Crippen LogP contribution is 2.22. The Morgan fingerprint density at radius 2 is 2.00 bits per heavy atom. The summed E-state index contributed by atoms with van der Waals surface area (Å²) in [6.07, 6.45) is -0.200. The molecule has 0 aliphatic carbocycles. The molecule has 0 bridgehead atoms. The van der Waals surface area contributed by atoms with E-state index in [1.807, 2.05) is 13.8 Å². The number of halogens is 2. The fourth-order valence-corrected chi connectivity index (χ4v) is 2.17. The van der Waals surface area contributed by atoms with Crippen molar-refractivity contribution in [1.29, 1.82) is 0 Å². The zero-order valence-electron chi connectivity index (χ0n) is 12.8. The highest BCUT2D eigenvalue weighted by atomic mass is 32.2. The van der Waals surface area contributed by atoms with Crippen LogP contribution in [0.25, 0.3) is 0 Å². The van der Waals surface area contributed by atoms with Crippen LogP contribution in [0.5, 0.6) is 0 Å². The standard InChI is InChI=1S/C6H9F2N3.C6H11NO2S/c1-4-9-10-5(6(7)8)3-11(4)2;1-6(2)4-5(7-9-6)10(3)8/h6H,3H2,1-2H3;4H2,1-3H3. The van der Waals surface area contributed by atoms with E-state index in [4.69, 9.17) is 4.84 Å². The van der Waals surface area contributed by atoms with Gasteiger partial charge in [0.05, 0.1) is 17.3 Å². The van der Waals surface area contributed by atoms with E-state index in [9.17, 15) is 13.0 Å². The Morgan fingerprint density at radius 1 is 1.38 bits per heavy atom. The van der Waals surface area contributed by atoms with Crippen molar-refractivity contribution in [3.63, 3.8) is 0 Å². The summed E-state index contributed by atoms with van der Waals surface area (Å²) >= 11 is 0. The van der Waals surface area contributed by atoms with Crippen LogP contribution in [0.1, 0.15) is 27.2 Å². The molecule has 0 fully saturated rings. The topological polar surface area (TPSA) is 66.6 Å². The second-order valence-electron chi connectivity index (χ2n) is 5.36. The Kier molecular flexibility index (Phi) is 5.94. The average molecular weight is 322 g/mol. The van der Waals surface area contributed by atoms with Gasteiger partial charge < -0.3 is 9.74 Å². The van der Waals surface area contributed by atoms with Crippen LogP contribution in [0.15, 0.2) is 15.4 Å². The molecule has 1 atom stereocenters. The SMILES string of the molecule is CC1=NN=C(C(F)F)CN1C.CS(=O)C1=NOC(C)(C)C1. The zero-order valence-corrected chi connectivity index (χ0v) is 13.6. The largest absolute Gasteiger partial charge is 0.389 e. The summed E-state index contributed by atoms with van der Waals surface area (Å²) in [5.74, 6) is 0.661. The third-order valence-electron chi connectivity index (χ3n) is 2.83. The van der Waals surface area contributed by atoms with Crippen molar-refractivity contribution in [3.8, 4) is 0 Å². The molecular weight excluding hydrogens is 302 g/mol. The lowest BCUT2D eigenvalue weighted by atomic mass is 10.1. The van der Waals surface area contributed by atoms with Gasteiger partial charge in [-0.3, -0.25) is 4.21 Å². The van der Waals surface area contributed by atoms with Crippen molar-refractivity contribution in [2.24, 2.45) is 15.4 Å². The van der Waals surface area contributed by atoms with Crippen LogP contribution >= 0.6 is 0 Å². The third-order valence-corrected chi connectivity index (χ3v) is 3.71. The van der Waals surface area contributed by atoms with E-state index in [-0.39, 0.29) is 17.9 Å². The van der Waals surface area contributed by atoms with Crippen molar-refractivity contribution in [2.45, 2.75) is 39.2 Å². The van der Waals surface area contributed by atoms with E-state index in [0.717, 1.165) is 0 Å². The molecule has 0 N–H and O–H groups in total. The van der Waals surface area contributed by atoms with Gasteiger partial charge in [0.25, 0.3) is 6.43 Å². The maximum atomic E-state index is 12.0. The number of oxime groups is 1. The number of alkyl halides is 2. The first-order chi connectivity index (χ1) is 9.62. The number of hydrogen-bond donors (Lipinski definition) is 0. The molecule has 0 saturated carbocycles. The van der Waals surface area contributed by atoms with Crippen LogP contribution < -0.4 is 0 Å². The predicted molar refractivity (Wildman–Crippen MR) is 80.5 cm³/mol. The van der Waals surface area contributed by atoms with Gasteiger partial charge in [0.1, 0.15) is 22.2 Å². The van der Waals surface area contributed by atoms with Gasteiger partial charge in [-0.25, -0.2) is 8.78 Å². The van der Waals surface area contributed by atoms with Crippen molar-refractivity contribution < 1.29 is 17.8 Å². The highest BCUT2D eigenvalue weighted by Gasteiger charge is 2.30. The van der Waals surface area contributed by atoms with E-state index in [1.54, 1.807) is 25.1 Å². The predicted octanol–water partition coefficient (Wildman–Crippen LogP) is 1.85. The first-order valence-electron chi connectivity index (χ1n) is 6.31. The first kappa shape index (κ1) is 17.7. The van der Waals surface area contributed by atoms with Crippen molar-refractivity contribution in [1.82, 2.24) is 4.90 Å². The maximum Gasteiger partial charge on any atom is 0.280 e. The van der Waals surface area contributed by atoms with E-state index >= 15 is 0 Å². The summed E-state index contributed by atoms with van der Waals surface area (Å²) in [5, 5.41) is 11.3. The summed E-state index contributed by atoms with van der Waals surface area (Å²) in [4.78, 5) is 6.64. The molecular formula is C12H20F2N4O2S. The molecule has 0 aromatic carbocycles. The lowest BCUT2D eigenvalue weighted by molar-refractivity contribution is 0.0123. The fraction of sp³-hybridized carbons (Fsp3) is 0.750. The fourth-order valence-electron chi connectivity index (χ4n) is 1.47. The Bertz CT molecular complexity index is 503. The van der Waals surface area contributed by atoms with Crippen molar-refractivity contribution in [2.75, 3.05) is 19.8 Å². The molecule has 21 heavy (non-hydrogen) atoms. The molecule has 9 heteroatoms. The maximum absolute atomic E-state index is 12.0. The number of amidine groups is 1. The van der Waals surface area contributed by atoms with Gasteiger partial charge >= 0.3 is 0 Å².